The van der Waals surface area contributed by atoms with Crippen LogP contribution in [0.3, 0.4) is 0 Å². The Morgan fingerprint density at radius 1 is 1.06 bits per heavy atom. The Morgan fingerprint density at radius 2 is 1.85 bits per heavy atom. The molecule has 0 bridgehead atoms. The maximum atomic E-state index is 12.7. The van der Waals surface area contributed by atoms with E-state index in [1.54, 1.807) is 6.07 Å². The summed E-state index contributed by atoms with van der Waals surface area (Å²) in [5.41, 5.74) is 7.73. The molecule has 1 aromatic carbocycles. The molecule has 1 aliphatic heterocycles. The molecule has 1 aliphatic carbocycles. The monoisotopic (exact) mass is 498 g/mol. The Bertz CT molecular complexity index is 1290. The molecule has 3 aromatic rings. The average Bonchev–Trinajstić information content (AvgIpc) is 3.54. The summed E-state index contributed by atoms with van der Waals surface area (Å²) in [6.07, 6.45) is 1.56. The highest BCUT2D eigenvalue weighted by Gasteiger charge is 2.28. The van der Waals surface area contributed by atoms with E-state index in [-0.39, 0.29) is 0 Å². The number of anilines is 1. The lowest BCUT2D eigenvalue weighted by Crippen LogP contribution is -2.30. The van der Waals surface area contributed by atoms with Crippen LogP contribution in [0.25, 0.3) is 10.4 Å². The van der Waals surface area contributed by atoms with Crippen LogP contribution in [0.1, 0.15) is 43.8 Å². The SMILES string of the molecule is CC(OC(=O)c1ccc(-c2ccc3c(c2)OCCO3)s1)C(=O)Nc1sc2c(c1C(N)=O)CCC2. The molecule has 2 amide bonds. The number of primary amides is 1. The average molecular weight is 499 g/mol. The van der Waals surface area contributed by atoms with Crippen molar-refractivity contribution >= 4 is 45.5 Å². The smallest absolute Gasteiger partial charge is 0.349 e. The number of hydrogen-bond acceptors (Lipinski definition) is 8. The second kappa shape index (κ2) is 9.11. The number of thiophene rings is 2. The molecule has 2 aliphatic rings. The second-order valence-electron chi connectivity index (χ2n) is 7.98. The molecular formula is C24H22N2O6S2. The fourth-order valence-electron chi connectivity index (χ4n) is 4.04. The zero-order chi connectivity index (χ0) is 23.8. The summed E-state index contributed by atoms with van der Waals surface area (Å²) in [5, 5.41) is 3.14. The van der Waals surface area contributed by atoms with E-state index < -0.39 is 23.9 Å². The van der Waals surface area contributed by atoms with Gasteiger partial charge in [0.25, 0.3) is 11.8 Å². The lowest BCUT2D eigenvalue weighted by molar-refractivity contribution is -0.123. The minimum absolute atomic E-state index is 0.367. The normalized spacial score (nSPS) is 14.9. The van der Waals surface area contributed by atoms with Crippen LogP contribution < -0.4 is 20.5 Å². The van der Waals surface area contributed by atoms with Crippen molar-refractivity contribution in [2.24, 2.45) is 5.73 Å². The molecular weight excluding hydrogens is 476 g/mol. The lowest BCUT2D eigenvalue weighted by atomic mass is 10.1. The van der Waals surface area contributed by atoms with E-state index in [4.69, 9.17) is 19.9 Å². The van der Waals surface area contributed by atoms with Gasteiger partial charge in [-0.05, 0) is 67.6 Å². The third kappa shape index (κ3) is 4.26. The highest BCUT2D eigenvalue weighted by molar-refractivity contribution is 7.17. The van der Waals surface area contributed by atoms with E-state index in [1.807, 2.05) is 24.3 Å². The van der Waals surface area contributed by atoms with Crippen LogP contribution in [0.2, 0.25) is 0 Å². The number of hydrogen-bond donors (Lipinski definition) is 2. The van der Waals surface area contributed by atoms with Crippen LogP contribution in [0.4, 0.5) is 5.00 Å². The summed E-state index contributed by atoms with van der Waals surface area (Å²) >= 11 is 2.62. The van der Waals surface area contributed by atoms with E-state index in [0.717, 1.165) is 40.1 Å². The summed E-state index contributed by atoms with van der Waals surface area (Å²) in [4.78, 5) is 39.6. The van der Waals surface area contributed by atoms with Crippen molar-refractivity contribution in [3.63, 3.8) is 0 Å². The van der Waals surface area contributed by atoms with Crippen molar-refractivity contribution < 1.29 is 28.6 Å². The molecule has 10 heteroatoms. The number of benzene rings is 1. The molecule has 5 rings (SSSR count). The number of esters is 1. The number of aryl methyl sites for hydroxylation is 1. The minimum atomic E-state index is -1.05. The molecule has 176 valence electrons. The molecule has 0 saturated carbocycles. The fourth-order valence-corrected chi connectivity index (χ4v) is 6.22. The first-order valence-electron chi connectivity index (χ1n) is 10.9. The molecule has 0 fully saturated rings. The van der Waals surface area contributed by atoms with Crippen molar-refractivity contribution in [1.29, 1.82) is 0 Å². The predicted octanol–water partition coefficient (Wildman–Crippen LogP) is 4.02. The molecule has 3 N–H and O–H groups in total. The van der Waals surface area contributed by atoms with Gasteiger partial charge in [0.2, 0.25) is 0 Å². The first-order valence-corrected chi connectivity index (χ1v) is 12.5. The maximum absolute atomic E-state index is 12.7. The van der Waals surface area contributed by atoms with E-state index in [9.17, 15) is 14.4 Å². The van der Waals surface area contributed by atoms with Gasteiger partial charge in [-0.15, -0.1) is 22.7 Å². The van der Waals surface area contributed by atoms with E-state index in [0.29, 0.717) is 40.2 Å². The van der Waals surface area contributed by atoms with Crippen molar-refractivity contribution in [3.8, 4) is 21.9 Å². The molecule has 1 atom stereocenters. The summed E-state index contributed by atoms with van der Waals surface area (Å²) in [7, 11) is 0. The summed E-state index contributed by atoms with van der Waals surface area (Å²) in [5.74, 6) is -0.313. The van der Waals surface area contributed by atoms with Crippen molar-refractivity contribution in [2.75, 3.05) is 18.5 Å². The molecule has 8 nitrogen and oxygen atoms in total. The Hall–Kier alpha value is -3.37. The number of nitrogens with two attached hydrogens (primary N) is 1. The van der Waals surface area contributed by atoms with E-state index in [2.05, 4.69) is 5.32 Å². The van der Waals surface area contributed by atoms with Crippen molar-refractivity contribution in [3.05, 3.63) is 51.2 Å². The number of amides is 2. The third-order valence-electron chi connectivity index (χ3n) is 5.69. The van der Waals surface area contributed by atoms with Gasteiger partial charge in [0.15, 0.2) is 17.6 Å². The number of carbonyl (C=O) groups excluding carboxylic acids is 3. The van der Waals surface area contributed by atoms with Gasteiger partial charge < -0.3 is 25.3 Å². The number of ether oxygens (including phenoxy) is 3. The van der Waals surface area contributed by atoms with Gasteiger partial charge in [-0.2, -0.15) is 0 Å². The molecule has 0 saturated heterocycles. The van der Waals surface area contributed by atoms with Crippen LogP contribution in [0, 0.1) is 0 Å². The summed E-state index contributed by atoms with van der Waals surface area (Å²) in [6.45, 7) is 2.51. The van der Waals surface area contributed by atoms with Gasteiger partial charge in [0.1, 0.15) is 23.1 Å². The Kier molecular flexibility index (Phi) is 6.01. The van der Waals surface area contributed by atoms with Crippen molar-refractivity contribution in [1.82, 2.24) is 0 Å². The van der Waals surface area contributed by atoms with E-state index in [1.165, 1.54) is 29.6 Å². The molecule has 0 radical (unpaired) electrons. The number of rotatable bonds is 6. The fraction of sp³-hybridized carbons (Fsp3) is 0.292. The molecule has 3 heterocycles. The standard InChI is InChI=1S/C24H22N2O6S2/c1-12(22(28)26-23-20(21(25)27)14-3-2-4-18(14)34-23)32-24(29)19-8-7-17(33-19)13-5-6-15-16(11-13)31-10-9-30-15/h5-8,11-12H,2-4,9-10H2,1H3,(H2,25,27)(H,26,28). The first-order chi connectivity index (χ1) is 16.4. The zero-order valence-corrected chi connectivity index (χ0v) is 20.0. The van der Waals surface area contributed by atoms with Crippen LogP contribution >= 0.6 is 22.7 Å². The number of nitrogens with one attached hydrogen (secondary N) is 1. The maximum Gasteiger partial charge on any atom is 0.349 e. The zero-order valence-electron chi connectivity index (χ0n) is 18.3. The molecule has 1 unspecified atom stereocenters. The quantitative estimate of drug-likeness (QED) is 0.496. The lowest BCUT2D eigenvalue weighted by Gasteiger charge is -2.18. The number of fused-ring (bicyclic) bond motifs is 2. The van der Waals surface area contributed by atoms with Gasteiger partial charge in [-0.1, -0.05) is 0 Å². The molecule has 2 aromatic heterocycles. The van der Waals surface area contributed by atoms with Gasteiger partial charge in [0.05, 0.1) is 5.56 Å². The predicted molar refractivity (Wildman–Crippen MR) is 129 cm³/mol. The topological polar surface area (TPSA) is 117 Å². The van der Waals surface area contributed by atoms with Crippen LogP contribution in [0.5, 0.6) is 11.5 Å². The highest BCUT2D eigenvalue weighted by atomic mass is 32.1. The summed E-state index contributed by atoms with van der Waals surface area (Å²) in [6, 6.07) is 9.11. The van der Waals surface area contributed by atoms with Gasteiger partial charge in [-0.25, -0.2) is 4.79 Å². The largest absolute Gasteiger partial charge is 0.486 e. The Morgan fingerprint density at radius 3 is 2.65 bits per heavy atom. The summed E-state index contributed by atoms with van der Waals surface area (Å²) < 4.78 is 16.6. The van der Waals surface area contributed by atoms with Gasteiger partial charge in [-0.3, -0.25) is 9.59 Å². The number of carbonyl (C=O) groups is 3. The Labute approximate surface area is 203 Å². The molecule has 0 spiro atoms. The Balaban J connectivity index is 1.25. The van der Waals surface area contributed by atoms with Crippen LogP contribution in [0.15, 0.2) is 30.3 Å². The molecule has 34 heavy (non-hydrogen) atoms. The highest BCUT2D eigenvalue weighted by Crippen LogP contribution is 2.39. The first kappa shape index (κ1) is 22.4. The van der Waals surface area contributed by atoms with Crippen molar-refractivity contribution in [2.45, 2.75) is 32.3 Å². The van der Waals surface area contributed by atoms with Gasteiger partial charge in [0, 0.05) is 9.75 Å². The van der Waals surface area contributed by atoms with Crippen LogP contribution in [-0.2, 0) is 22.4 Å². The second-order valence-corrected chi connectivity index (χ2v) is 10.2. The third-order valence-corrected chi connectivity index (χ3v) is 8.01. The minimum Gasteiger partial charge on any atom is -0.486 e. The van der Waals surface area contributed by atoms with Crippen LogP contribution in [-0.4, -0.2) is 37.1 Å². The van der Waals surface area contributed by atoms with E-state index >= 15 is 0 Å². The van der Waals surface area contributed by atoms with Gasteiger partial charge >= 0.3 is 5.97 Å².